The predicted molar refractivity (Wildman–Crippen MR) is 191 cm³/mol. The van der Waals surface area contributed by atoms with E-state index in [1.807, 2.05) is 50.5 Å². The minimum Gasteiger partial charge on any atom is -0.478 e. The van der Waals surface area contributed by atoms with E-state index in [4.69, 9.17) is 16.2 Å². The Hall–Kier alpha value is -4.53. The Labute approximate surface area is 301 Å². The molecule has 0 unspecified atom stereocenters. The molecular weight excluding hydrogens is 685 g/mol. The van der Waals surface area contributed by atoms with Crippen LogP contribution < -0.4 is 21.1 Å². The Morgan fingerprint density at radius 2 is 1.69 bits per heavy atom. The monoisotopic (exact) mass is 728 g/mol. The number of primary amides is 1. The first-order valence-electron chi connectivity index (χ1n) is 16.7. The molecule has 0 bridgehead atoms. The van der Waals surface area contributed by atoms with Crippen molar-refractivity contribution in [2.45, 2.75) is 50.7 Å². The molecule has 5 N–H and O–H groups in total. The van der Waals surface area contributed by atoms with E-state index in [2.05, 4.69) is 25.1 Å². The third kappa shape index (κ3) is 10.3. The zero-order valence-electron chi connectivity index (χ0n) is 28.6. The van der Waals surface area contributed by atoms with Gasteiger partial charge in [0.1, 0.15) is 6.04 Å². The molecule has 2 heterocycles. The highest BCUT2D eigenvalue weighted by Crippen LogP contribution is 2.34. The molecule has 0 aliphatic heterocycles. The number of carbonyl (C=O) groups is 2. The lowest BCUT2D eigenvalue weighted by Crippen LogP contribution is -2.52. The summed E-state index contributed by atoms with van der Waals surface area (Å²) >= 11 is 0. The summed E-state index contributed by atoms with van der Waals surface area (Å²) in [6.07, 6.45) is 0.896. The van der Waals surface area contributed by atoms with Crippen molar-refractivity contribution in [3.8, 4) is 28.4 Å². The number of aromatic amines is 1. The van der Waals surface area contributed by atoms with Crippen molar-refractivity contribution < 1.29 is 27.5 Å². The SMILES string of the molecule is CN(C)CCCOc1ccc(-c2cccc(C[C@@H](C(N)=O)N(c3ccc(-c4nnc(C(F)(F)F)[nH]4)cc3)C(=O)[C@H]3CC[C@H](CN)CC3)c2)cn1.Cl. The Kier molecular flexibility index (Phi) is 13.6. The van der Waals surface area contributed by atoms with Gasteiger partial charge < -0.3 is 26.1 Å². The van der Waals surface area contributed by atoms with Crippen LogP contribution in [0.1, 0.15) is 43.5 Å². The fourth-order valence-corrected chi connectivity index (χ4v) is 6.22. The molecule has 1 atom stereocenters. The average molecular weight is 729 g/mol. The molecule has 1 aliphatic rings. The highest BCUT2D eigenvalue weighted by molar-refractivity contribution is 6.01. The molecule has 11 nitrogen and oxygen atoms in total. The van der Waals surface area contributed by atoms with Gasteiger partial charge in [-0.25, -0.2) is 4.98 Å². The number of halogens is 4. The molecule has 0 radical (unpaired) electrons. The average Bonchev–Trinajstić information content (AvgIpc) is 3.62. The number of ether oxygens (including phenoxy) is 1. The lowest BCUT2D eigenvalue weighted by molar-refractivity contribution is -0.144. The standard InChI is InChI=1S/C36H43F3N8O3.ClH/c1-46(2)17-4-18-50-31-16-13-28(22-42-31)27-6-3-5-24(19-27)20-30(32(41)48)47(34(49)26-9-7-23(21-40)8-10-26)29-14-11-25(12-15-29)33-43-35(45-44-33)36(37,38)39;/h3,5-6,11-16,19,22-23,26,30H,4,7-10,17-18,20-21,40H2,1-2H3,(H2,41,48)(H,43,44,45);1H/t23-,26-,30-;/m0./s1. The third-order valence-electron chi connectivity index (χ3n) is 9.01. The van der Waals surface area contributed by atoms with Gasteiger partial charge in [-0.05, 0) is 100 Å². The molecule has 4 aromatic rings. The van der Waals surface area contributed by atoms with Crippen molar-refractivity contribution in [3.05, 3.63) is 78.2 Å². The number of amides is 2. The summed E-state index contributed by atoms with van der Waals surface area (Å²) < 4.78 is 45.1. The van der Waals surface area contributed by atoms with Gasteiger partial charge in [0.05, 0.1) is 6.61 Å². The maximum absolute atomic E-state index is 14.3. The number of nitrogens with two attached hydrogens (primary N) is 2. The van der Waals surface area contributed by atoms with Gasteiger partial charge in [0, 0.05) is 48.0 Å². The Morgan fingerprint density at radius 1 is 0.980 bits per heavy atom. The fraction of sp³-hybridized carbons (Fsp3) is 0.417. The number of benzene rings is 2. The number of H-pyrrole nitrogens is 1. The molecule has 2 amide bonds. The van der Waals surface area contributed by atoms with Gasteiger partial charge in [-0.3, -0.25) is 14.5 Å². The second-order valence-electron chi connectivity index (χ2n) is 12.9. The molecule has 2 aromatic heterocycles. The topological polar surface area (TPSA) is 156 Å². The van der Waals surface area contributed by atoms with Crippen molar-refractivity contribution in [1.29, 1.82) is 0 Å². The number of pyridine rings is 1. The molecule has 1 saturated carbocycles. The molecule has 2 aromatic carbocycles. The number of rotatable bonds is 14. The summed E-state index contributed by atoms with van der Waals surface area (Å²) in [5.74, 6) is -1.70. The van der Waals surface area contributed by atoms with Crippen LogP contribution in [-0.2, 0) is 22.2 Å². The van der Waals surface area contributed by atoms with Crippen LogP contribution in [-0.4, -0.2) is 76.7 Å². The van der Waals surface area contributed by atoms with Gasteiger partial charge in [-0.15, -0.1) is 22.6 Å². The smallest absolute Gasteiger partial charge is 0.451 e. The van der Waals surface area contributed by atoms with Crippen LogP contribution in [0.2, 0.25) is 0 Å². The number of carbonyl (C=O) groups excluding carboxylic acids is 2. The minimum absolute atomic E-state index is 0. The third-order valence-corrected chi connectivity index (χ3v) is 9.01. The maximum atomic E-state index is 14.3. The van der Waals surface area contributed by atoms with E-state index in [-0.39, 0.29) is 36.5 Å². The van der Waals surface area contributed by atoms with Gasteiger partial charge in [0.15, 0.2) is 5.82 Å². The molecule has 1 aliphatic carbocycles. The number of nitrogens with one attached hydrogen (secondary N) is 1. The lowest BCUT2D eigenvalue weighted by Gasteiger charge is -2.35. The Balaban J connectivity index is 0.00000583. The molecule has 15 heteroatoms. The van der Waals surface area contributed by atoms with Crippen LogP contribution >= 0.6 is 12.4 Å². The fourth-order valence-electron chi connectivity index (χ4n) is 6.22. The molecular formula is C36H44ClF3N8O3. The highest BCUT2D eigenvalue weighted by atomic mass is 35.5. The van der Waals surface area contributed by atoms with E-state index < -0.39 is 23.9 Å². The number of hydrogen-bond acceptors (Lipinski definition) is 8. The first kappa shape index (κ1) is 39.3. The van der Waals surface area contributed by atoms with Crippen molar-refractivity contribution in [3.63, 3.8) is 0 Å². The number of alkyl halides is 3. The van der Waals surface area contributed by atoms with Gasteiger partial charge in [0.2, 0.25) is 23.5 Å². The molecule has 274 valence electrons. The van der Waals surface area contributed by atoms with Crippen molar-refractivity contribution >= 4 is 29.9 Å². The van der Waals surface area contributed by atoms with Crippen LogP contribution in [0.3, 0.4) is 0 Å². The molecule has 0 saturated heterocycles. The summed E-state index contributed by atoms with van der Waals surface area (Å²) in [5, 5.41) is 6.83. The van der Waals surface area contributed by atoms with Crippen molar-refractivity contribution in [1.82, 2.24) is 25.1 Å². The Morgan fingerprint density at radius 3 is 2.27 bits per heavy atom. The summed E-state index contributed by atoms with van der Waals surface area (Å²) in [5.41, 5.74) is 15.1. The lowest BCUT2D eigenvalue weighted by atomic mass is 9.81. The van der Waals surface area contributed by atoms with Crippen molar-refractivity contribution in [2.24, 2.45) is 23.3 Å². The van der Waals surface area contributed by atoms with Crippen LogP contribution in [0.4, 0.5) is 18.9 Å². The molecule has 1 fully saturated rings. The van der Waals surface area contributed by atoms with E-state index >= 15 is 0 Å². The van der Waals surface area contributed by atoms with E-state index in [1.165, 1.54) is 17.0 Å². The van der Waals surface area contributed by atoms with Gasteiger partial charge >= 0.3 is 6.18 Å². The number of nitrogens with zero attached hydrogens (tertiary/aromatic N) is 5. The zero-order valence-corrected chi connectivity index (χ0v) is 29.4. The summed E-state index contributed by atoms with van der Waals surface area (Å²) in [6.45, 7) is 2.02. The second kappa shape index (κ2) is 17.6. The van der Waals surface area contributed by atoms with Crippen LogP contribution in [0.15, 0.2) is 66.9 Å². The summed E-state index contributed by atoms with van der Waals surface area (Å²) in [4.78, 5) is 37.6. The first-order chi connectivity index (χ1) is 23.9. The van der Waals surface area contributed by atoms with E-state index in [1.54, 1.807) is 18.3 Å². The number of hydrogen-bond donors (Lipinski definition) is 3. The number of anilines is 1. The van der Waals surface area contributed by atoms with Crippen LogP contribution in [0, 0.1) is 11.8 Å². The van der Waals surface area contributed by atoms with Gasteiger partial charge in [0.25, 0.3) is 0 Å². The largest absolute Gasteiger partial charge is 0.478 e. The van der Waals surface area contributed by atoms with Crippen LogP contribution in [0.25, 0.3) is 22.5 Å². The second-order valence-corrected chi connectivity index (χ2v) is 12.9. The van der Waals surface area contributed by atoms with E-state index in [0.29, 0.717) is 49.0 Å². The van der Waals surface area contributed by atoms with Crippen LogP contribution in [0.5, 0.6) is 5.88 Å². The summed E-state index contributed by atoms with van der Waals surface area (Å²) in [7, 11) is 4.02. The summed E-state index contributed by atoms with van der Waals surface area (Å²) in [6, 6.07) is 16.5. The maximum Gasteiger partial charge on any atom is 0.451 e. The normalized spacial score (nSPS) is 16.7. The number of aromatic nitrogens is 4. The van der Waals surface area contributed by atoms with Gasteiger partial charge in [-0.1, -0.05) is 24.3 Å². The van der Waals surface area contributed by atoms with Crippen molar-refractivity contribution in [2.75, 3.05) is 38.7 Å². The van der Waals surface area contributed by atoms with Gasteiger partial charge in [-0.2, -0.15) is 13.2 Å². The molecule has 0 spiro atoms. The molecule has 51 heavy (non-hydrogen) atoms. The quantitative estimate of drug-likeness (QED) is 0.144. The minimum atomic E-state index is -4.68. The Bertz CT molecular complexity index is 1730. The first-order valence-corrected chi connectivity index (χ1v) is 16.7. The van der Waals surface area contributed by atoms with E-state index in [0.717, 1.165) is 42.5 Å². The molecule has 5 rings (SSSR count). The highest BCUT2D eigenvalue weighted by Gasteiger charge is 2.37. The van der Waals surface area contributed by atoms with E-state index in [9.17, 15) is 22.8 Å². The zero-order chi connectivity index (χ0) is 35.8. The predicted octanol–water partition coefficient (Wildman–Crippen LogP) is 5.50.